The Morgan fingerprint density at radius 1 is 1.46 bits per heavy atom. The number of thiophene rings is 1. The van der Waals surface area contributed by atoms with Crippen LogP contribution in [0.4, 0.5) is 0 Å². The van der Waals surface area contributed by atoms with E-state index in [0.717, 1.165) is 10.1 Å². The van der Waals surface area contributed by atoms with Gasteiger partial charge in [-0.15, -0.1) is 11.3 Å². The first-order valence-corrected chi connectivity index (χ1v) is 5.11. The van der Waals surface area contributed by atoms with Crippen LogP contribution in [-0.2, 0) is 0 Å². The molecule has 0 aliphatic carbocycles. The predicted octanol–water partition coefficient (Wildman–Crippen LogP) is 2.71. The van der Waals surface area contributed by atoms with Crippen LogP contribution < -0.4 is 5.56 Å². The van der Waals surface area contributed by atoms with Crippen molar-refractivity contribution in [2.75, 3.05) is 0 Å². The van der Waals surface area contributed by atoms with Crippen LogP contribution in [0, 0.1) is 0 Å². The minimum absolute atomic E-state index is 0.0226. The number of H-pyrrole nitrogens is 1. The molecule has 0 bridgehead atoms. The molecule has 0 unspecified atom stereocenters. The maximum absolute atomic E-state index is 11.4. The van der Waals surface area contributed by atoms with Gasteiger partial charge in [-0.05, 0) is 23.4 Å². The summed E-state index contributed by atoms with van der Waals surface area (Å²) in [4.78, 5) is 15.3. The van der Waals surface area contributed by atoms with Gasteiger partial charge < -0.3 is 4.98 Å². The summed E-state index contributed by atoms with van der Waals surface area (Å²) >= 11 is 1.59. The van der Waals surface area contributed by atoms with Crippen molar-refractivity contribution in [3.8, 4) is 0 Å². The van der Waals surface area contributed by atoms with Crippen LogP contribution in [0.15, 0.2) is 23.1 Å². The lowest BCUT2D eigenvalue weighted by Crippen LogP contribution is -2.01. The molecule has 13 heavy (non-hydrogen) atoms. The Morgan fingerprint density at radius 2 is 2.23 bits per heavy atom. The summed E-state index contributed by atoms with van der Waals surface area (Å²) in [7, 11) is 0. The van der Waals surface area contributed by atoms with Gasteiger partial charge in [0, 0.05) is 11.1 Å². The third-order valence-electron chi connectivity index (χ3n) is 2.03. The van der Waals surface area contributed by atoms with E-state index in [1.165, 1.54) is 4.88 Å². The van der Waals surface area contributed by atoms with Gasteiger partial charge in [-0.25, -0.2) is 0 Å². The van der Waals surface area contributed by atoms with Gasteiger partial charge in [-0.1, -0.05) is 13.8 Å². The van der Waals surface area contributed by atoms with Gasteiger partial charge in [-0.3, -0.25) is 4.79 Å². The van der Waals surface area contributed by atoms with Crippen molar-refractivity contribution in [3.05, 3.63) is 33.6 Å². The van der Waals surface area contributed by atoms with Crippen molar-refractivity contribution < 1.29 is 0 Å². The standard InChI is InChI=1S/C10H11NOS/c1-6(2)8-5-7-3-4-11-10(12)9(7)13-8/h3-6H,1-2H3,(H,11,12). The summed E-state index contributed by atoms with van der Waals surface area (Å²) in [6, 6.07) is 4.04. The molecule has 2 rings (SSSR count). The highest BCUT2D eigenvalue weighted by Crippen LogP contribution is 2.27. The molecule has 0 aliphatic rings. The first kappa shape index (κ1) is 8.51. The normalized spacial score (nSPS) is 11.3. The Labute approximate surface area is 80.2 Å². The molecule has 0 radical (unpaired) electrons. The molecule has 2 aromatic rings. The molecular formula is C10H11NOS. The number of hydrogen-bond acceptors (Lipinski definition) is 2. The van der Waals surface area contributed by atoms with Gasteiger partial charge >= 0.3 is 0 Å². The second kappa shape index (κ2) is 3.00. The SMILES string of the molecule is CC(C)c1cc2cc[nH]c(=O)c2s1. The molecule has 0 spiro atoms. The summed E-state index contributed by atoms with van der Waals surface area (Å²) in [6.45, 7) is 4.28. The van der Waals surface area contributed by atoms with E-state index in [1.54, 1.807) is 17.5 Å². The Kier molecular flexibility index (Phi) is 1.96. The fourth-order valence-corrected chi connectivity index (χ4v) is 2.34. The van der Waals surface area contributed by atoms with Gasteiger partial charge in [0.25, 0.3) is 5.56 Å². The number of nitrogens with one attached hydrogen (secondary N) is 1. The summed E-state index contributed by atoms with van der Waals surface area (Å²) in [5.41, 5.74) is 0.0226. The first-order chi connectivity index (χ1) is 6.18. The third kappa shape index (κ3) is 1.40. The van der Waals surface area contributed by atoms with Crippen LogP contribution in [0.5, 0.6) is 0 Å². The van der Waals surface area contributed by atoms with E-state index in [4.69, 9.17) is 0 Å². The second-order valence-corrected chi connectivity index (χ2v) is 4.48. The fraction of sp³-hybridized carbons (Fsp3) is 0.300. The van der Waals surface area contributed by atoms with E-state index in [0.29, 0.717) is 5.92 Å². The highest BCUT2D eigenvalue weighted by molar-refractivity contribution is 7.19. The fourth-order valence-electron chi connectivity index (χ4n) is 1.28. The average Bonchev–Trinajstić information content (AvgIpc) is 2.49. The molecule has 0 fully saturated rings. The maximum Gasteiger partial charge on any atom is 0.265 e. The Hall–Kier alpha value is -1.09. The molecule has 68 valence electrons. The lowest BCUT2D eigenvalue weighted by Gasteiger charge is -1.95. The quantitative estimate of drug-likeness (QED) is 0.742. The molecule has 1 N–H and O–H groups in total. The number of pyridine rings is 1. The van der Waals surface area contributed by atoms with Crippen LogP contribution >= 0.6 is 11.3 Å². The Morgan fingerprint density at radius 3 is 2.85 bits per heavy atom. The van der Waals surface area contributed by atoms with Gasteiger partial charge in [0.15, 0.2) is 0 Å². The maximum atomic E-state index is 11.4. The number of rotatable bonds is 1. The zero-order valence-corrected chi connectivity index (χ0v) is 8.44. The van der Waals surface area contributed by atoms with Crippen molar-refractivity contribution in [3.63, 3.8) is 0 Å². The average molecular weight is 193 g/mol. The molecule has 2 aromatic heterocycles. The minimum atomic E-state index is 0.0226. The molecule has 3 heteroatoms. The highest BCUT2D eigenvalue weighted by atomic mass is 32.1. The van der Waals surface area contributed by atoms with E-state index in [1.807, 2.05) is 6.07 Å². The van der Waals surface area contributed by atoms with Crippen LogP contribution in [-0.4, -0.2) is 4.98 Å². The second-order valence-electron chi connectivity index (χ2n) is 3.39. The summed E-state index contributed by atoms with van der Waals surface area (Å²) < 4.78 is 0.839. The lowest BCUT2D eigenvalue weighted by molar-refractivity contribution is 0.890. The Bertz CT molecular complexity index is 481. The van der Waals surface area contributed by atoms with Gasteiger partial charge in [-0.2, -0.15) is 0 Å². The topological polar surface area (TPSA) is 32.9 Å². The zero-order chi connectivity index (χ0) is 9.42. The van der Waals surface area contributed by atoms with Crippen molar-refractivity contribution in [2.45, 2.75) is 19.8 Å². The van der Waals surface area contributed by atoms with Crippen LogP contribution in [0.1, 0.15) is 24.6 Å². The van der Waals surface area contributed by atoms with Gasteiger partial charge in [0.05, 0.1) is 4.70 Å². The molecule has 2 heterocycles. The molecule has 0 aliphatic heterocycles. The van der Waals surface area contributed by atoms with Crippen molar-refractivity contribution in [1.82, 2.24) is 4.98 Å². The lowest BCUT2D eigenvalue weighted by atomic mass is 10.1. The van der Waals surface area contributed by atoms with Crippen LogP contribution in [0.2, 0.25) is 0 Å². The molecule has 0 amide bonds. The van der Waals surface area contributed by atoms with Crippen molar-refractivity contribution >= 4 is 21.4 Å². The zero-order valence-electron chi connectivity index (χ0n) is 7.63. The van der Waals surface area contributed by atoms with Gasteiger partial charge in [0.1, 0.15) is 0 Å². The number of aromatic amines is 1. The first-order valence-electron chi connectivity index (χ1n) is 4.29. The minimum Gasteiger partial charge on any atom is -0.328 e. The van der Waals surface area contributed by atoms with Gasteiger partial charge in [0.2, 0.25) is 0 Å². The number of aromatic nitrogens is 1. The van der Waals surface area contributed by atoms with Crippen molar-refractivity contribution in [1.29, 1.82) is 0 Å². The molecule has 0 aromatic carbocycles. The van der Waals surface area contributed by atoms with E-state index in [9.17, 15) is 4.79 Å². The van der Waals surface area contributed by atoms with E-state index in [-0.39, 0.29) is 5.56 Å². The summed E-state index contributed by atoms with van der Waals surface area (Å²) in [6.07, 6.45) is 1.70. The van der Waals surface area contributed by atoms with Crippen LogP contribution in [0.25, 0.3) is 10.1 Å². The molecule has 2 nitrogen and oxygen atoms in total. The van der Waals surface area contributed by atoms with Crippen molar-refractivity contribution in [2.24, 2.45) is 0 Å². The molecule has 0 atom stereocenters. The largest absolute Gasteiger partial charge is 0.328 e. The van der Waals surface area contributed by atoms with Crippen LogP contribution in [0.3, 0.4) is 0 Å². The summed E-state index contributed by atoms with van der Waals surface area (Å²) in [5, 5.41) is 1.05. The number of hydrogen-bond donors (Lipinski definition) is 1. The Balaban J connectivity index is 2.76. The smallest absolute Gasteiger partial charge is 0.265 e. The highest BCUT2D eigenvalue weighted by Gasteiger charge is 2.06. The molecule has 0 saturated carbocycles. The monoisotopic (exact) mass is 193 g/mol. The van der Waals surface area contributed by atoms with E-state index >= 15 is 0 Å². The predicted molar refractivity (Wildman–Crippen MR) is 56.5 cm³/mol. The van der Waals surface area contributed by atoms with E-state index in [2.05, 4.69) is 24.9 Å². The molecular weight excluding hydrogens is 182 g/mol. The summed E-state index contributed by atoms with van der Waals surface area (Å²) in [5.74, 6) is 0.497. The molecule has 0 saturated heterocycles. The number of fused-ring (bicyclic) bond motifs is 1. The third-order valence-corrected chi connectivity index (χ3v) is 3.48. The van der Waals surface area contributed by atoms with E-state index < -0.39 is 0 Å².